The van der Waals surface area contributed by atoms with Crippen molar-refractivity contribution >= 4 is 45.7 Å². The van der Waals surface area contributed by atoms with Gasteiger partial charge in [0.25, 0.3) is 0 Å². The van der Waals surface area contributed by atoms with Crippen LogP contribution < -0.4 is 8.74 Å². The number of carbonyl (C=O) groups is 1. The summed E-state index contributed by atoms with van der Waals surface area (Å²) in [6, 6.07) is 10.2. The van der Waals surface area contributed by atoms with E-state index in [1.165, 1.54) is 55.7 Å². The molecule has 0 radical (unpaired) electrons. The van der Waals surface area contributed by atoms with Crippen molar-refractivity contribution in [3.63, 3.8) is 0 Å². The molecule has 3 rings (SSSR count). The standard InChI is InChI=1S/C19H22ClN4O2.3C4H9.Sn/c1-19(2,3)26-18(25)24-10-8-23(9-11-24)17-12-16(21-13-22-17)14-4-6-15(20)7-5-14;3*1-3-4-2;/h4-7,12H,8-11H2,1-3H3;3*1,3-4H2,2H3;. The first-order chi connectivity index (χ1) is 18.6. The molecule has 39 heavy (non-hydrogen) atoms. The minimum atomic E-state index is -2.89. The van der Waals surface area contributed by atoms with Crippen LogP contribution in [0.3, 0.4) is 0 Å². The predicted octanol–water partition coefficient (Wildman–Crippen LogP) is 7.91. The van der Waals surface area contributed by atoms with E-state index in [2.05, 4.69) is 43.9 Å². The molecule has 2 heterocycles. The summed E-state index contributed by atoms with van der Waals surface area (Å²) >= 11 is 3.34. The average molecular weight is 664 g/mol. The van der Waals surface area contributed by atoms with E-state index in [9.17, 15) is 4.79 Å². The molecular weight excluding hydrogens is 615 g/mol. The van der Waals surface area contributed by atoms with E-state index < -0.39 is 24.0 Å². The number of aromatic nitrogens is 2. The molecule has 0 unspecified atom stereocenters. The fourth-order valence-electron chi connectivity index (χ4n) is 5.30. The van der Waals surface area contributed by atoms with E-state index in [0.29, 0.717) is 13.1 Å². The van der Waals surface area contributed by atoms with Crippen LogP contribution in [-0.4, -0.2) is 71.1 Å². The molecule has 1 aliphatic rings. The zero-order valence-corrected chi connectivity index (χ0v) is 28.7. The Kier molecular flexibility index (Phi) is 12.2. The summed E-state index contributed by atoms with van der Waals surface area (Å²) in [6.45, 7) is 15.4. The van der Waals surface area contributed by atoms with Gasteiger partial charge in [-0.1, -0.05) is 0 Å². The maximum atomic E-state index is 12.7. The summed E-state index contributed by atoms with van der Waals surface area (Å²) < 4.78 is 10.8. The molecule has 0 aliphatic carbocycles. The number of nitrogens with zero attached hydrogens (tertiary/aromatic N) is 4. The van der Waals surface area contributed by atoms with Crippen LogP contribution in [0.4, 0.5) is 10.6 Å². The van der Waals surface area contributed by atoms with Gasteiger partial charge in [-0.05, 0) is 0 Å². The van der Waals surface area contributed by atoms with Gasteiger partial charge in [0.15, 0.2) is 0 Å². The number of piperazine rings is 1. The second kappa shape index (κ2) is 14.9. The number of benzene rings is 1. The monoisotopic (exact) mass is 664 g/mol. The number of halogens is 1. The number of carbonyl (C=O) groups excluding carboxylic acids is 1. The SMILES string of the molecule is CCC[CH2][Sn]([CH2]CCC)([CH2]CCC)[c]1nc(-c2ccc(Cl)cc2)cc(N2CCN(C(=O)OC(C)(C)C)CC2)n1. The summed E-state index contributed by atoms with van der Waals surface area (Å²) in [5.74, 6) is 0.999. The van der Waals surface area contributed by atoms with Crippen molar-refractivity contribution in [2.45, 2.75) is 99.0 Å². The molecule has 1 amide bonds. The zero-order valence-electron chi connectivity index (χ0n) is 25.1. The molecule has 0 bridgehead atoms. The van der Waals surface area contributed by atoms with E-state index in [1.807, 2.05) is 37.8 Å². The van der Waals surface area contributed by atoms with Gasteiger partial charge in [-0.3, -0.25) is 0 Å². The number of rotatable bonds is 12. The topological polar surface area (TPSA) is 58.6 Å². The van der Waals surface area contributed by atoms with Crippen molar-refractivity contribution in [3.8, 4) is 11.3 Å². The third kappa shape index (κ3) is 9.24. The molecule has 1 fully saturated rings. The zero-order chi connectivity index (χ0) is 28.5. The first kappa shape index (κ1) is 32.0. The van der Waals surface area contributed by atoms with Gasteiger partial charge in [0, 0.05) is 0 Å². The molecule has 216 valence electrons. The van der Waals surface area contributed by atoms with E-state index >= 15 is 0 Å². The molecule has 8 heteroatoms. The molecule has 1 aromatic carbocycles. The fourth-order valence-corrected chi connectivity index (χ4v) is 20.3. The summed E-state index contributed by atoms with van der Waals surface area (Å²) in [4.78, 5) is 27.6. The molecule has 0 spiro atoms. The molecule has 1 aliphatic heterocycles. The van der Waals surface area contributed by atoms with Gasteiger partial charge in [0.2, 0.25) is 0 Å². The number of unbranched alkanes of at least 4 members (excludes halogenated alkanes) is 3. The van der Waals surface area contributed by atoms with Crippen LogP contribution in [0.1, 0.15) is 80.1 Å². The first-order valence-corrected chi connectivity index (χ1v) is 22.8. The number of amides is 1. The minimum absolute atomic E-state index is 0.235. The Labute approximate surface area is 245 Å². The third-order valence-electron chi connectivity index (χ3n) is 7.61. The summed E-state index contributed by atoms with van der Waals surface area (Å²) in [5, 5.41) is 0.730. The molecule has 2 aromatic rings. The van der Waals surface area contributed by atoms with Crippen LogP contribution in [0.5, 0.6) is 0 Å². The Bertz CT molecular complexity index is 1030. The van der Waals surface area contributed by atoms with Crippen molar-refractivity contribution in [1.82, 2.24) is 14.9 Å². The van der Waals surface area contributed by atoms with Crippen molar-refractivity contribution in [2.24, 2.45) is 0 Å². The van der Waals surface area contributed by atoms with Crippen molar-refractivity contribution in [1.29, 1.82) is 0 Å². The van der Waals surface area contributed by atoms with E-state index in [0.717, 1.165) is 35.2 Å². The Morgan fingerprint density at radius 2 is 1.44 bits per heavy atom. The third-order valence-corrected chi connectivity index (χ3v) is 22.4. The molecule has 0 atom stereocenters. The second-order valence-electron chi connectivity index (χ2n) is 12.0. The van der Waals surface area contributed by atoms with Gasteiger partial charge in [0.1, 0.15) is 0 Å². The number of hydrogen-bond acceptors (Lipinski definition) is 5. The number of anilines is 1. The number of hydrogen-bond donors (Lipinski definition) is 0. The van der Waals surface area contributed by atoms with Gasteiger partial charge in [-0.15, -0.1) is 0 Å². The summed E-state index contributed by atoms with van der Waals surface area (Å²) in [6.07, 6.45) is 7.21. The normalized spacial score (nSPS) is 14.5. The molecule has 0 saturated carbocycles. The fraction of sp³-hybridized carbons (Fsp3) is 0.645. The summed E-state index contributed by atoms with van der Waals surface area (Å²) in [7, 11) is 0. The Balaban J connectivity index is 2.00. The Hall–Kier alpha value is -1.54. The molecule has 1 aromatic heterocycles. The van der Waals surface area contributed by atoms with Gasteiger partial charge >= 0.3 is 247 Å². The number of ether oxygens (including phenoxy) is 1. The van der Waals surface area contributed by atoms with Gasteiger partial charge in [-0.2, -0.15) is 0 Å². The molecule has 1 saturated heterocycles. The van der Waals surface area contributed by atoms with Crippen LogP contribution in [0.2, 0.25) is 18.3 Å². The van der Waals surface area contributed by atoms with Gasteiger partial charge < -0.3 is 0 Å². The van der Waals surface area contributed by atoms with Crippen LogP contribution in [-0.2, 0) is 4.74 Å². The van der Waals surface area contributed by atoms with Crippen LogP contribution in [0.15, 0.2) is 30.3 Å². The molecule has 0 N–H and O–H groups in total. The van der Waals surface area contributed by atoms with E-state index in [-0.39, 0.29) is 6.09 Å². The van der Waals surface area contributed by atoms with E-state index in [4.69, 9.17) is 26.3 Å². The van der Waals surface area contributed by atoms with Gasteiger partial charge in [0.05, 0.1) is 0 Å². The van der Waals surface area contributed by atoms with Crippen LogP contribution in [0, 0.1) is 0 Å². The first-order valence-electron chi connectivity index (χ1n) is 15.0. The Morgan fingerprint density at radius 3 is 1.92 bits per heavy atom. The van der Waals surface area contributed by atoms with Crippen molar-refractivity contribution in [3.05, 3.63) is 35.4 Å². The molecule has 6 nitrogen and oxygen atoms in total. The van der Waals surface area contributed by atoms with E-state index in [1.54, 1.807) is 0 Å². The van der Waals surface area contributed by atoms with Crippen LogP contribution in [0.25, 0.3) is 11.3 Å². The predicted molar refractivity (Wildman–Crippen MR) is 167 cm³/mol. The average Bonchev–Trinajstić information content (AvgIpc) is 2.92. The Morgan fingerprint density at radius 1 is 0.897 bits per heavy atom. The summed E-state index contributed by atoms with van der Waals surface area (Å²) in [5.41, 5.74) is 1.58. The quantitative estimate of drug-likeness (QED) is 0.216. The maximum absolute atomic E-state index is 12.7. The van der Waals surface area contributed by atoms with Crippen LogP contribution >= 0.6 is 11.6 Å². The van der Waals surface area contributed by atoms with Gasteiger partial charge in [-0.25, -0.2) is 0 Å². The molecular formula is C31H49ClN4O2Sn. The second-order valence-corrected chi connectivity index (χ2v) is 25.3. The van der Waals surface area contributed by atoms with Crippen molar-refractivity contribution in [2.75, 3.05) is 31.1 Å². The van der Waals surface area contributed by atoms with Crippen molar-refractivity contribution < 1.29 is 9.53 Å².